The van der Waals surface area contributed by atoms with Crippen LogP contribution in [-0.2, 0) is 4.74 Å². The Hall–Kier alpha value is -0.420. The Morgan fingerprint density at radius 2 is 2.05 bits per heavy atom. The molecule has 0 unspecified atom stereocenters. The van der Waals surface area contributed by atoms with Gasteiger partial charge in [0.15, 0.2) is 5.96 Å². The Morgan fingerprint density at radius 1 is 1.26 bits per heavy atom. The van der Waals surface area contributed by atoms with Gasteiger partial charge in [-0.1, -0.05) is 13.8 Å². The third-order valence-electron chi connectivity index (χ3n) is 2.33. The zero-order valence-corrected chi connectivity index (χ0v) is 13.8. The number of hydrogen-bond acceptors (Lipinski definition) is 3. The fraction of sp³-hybridized carbons (Fsp3) is 0.929. The molecule has 114 valence electrons. The topological polar surface area (TPSA) is 45.7 Å². The zero-order chi connectivity index (χ0) is 14.3. The fourth-order valence-corrected chi connectivity index (χ4v) is 1.86. The quantitative estimate of drug-likeness (QED) is 0.348. The van der Waals surface area contributed by atoms with E-state index in [0.717, 1.165) is 51.6 Å². The van der Waals surface area contributed by atoms with Gasteiger partial charge in [0.05, 0.1) is 0 Å². The first-order valence-electron chi connectivity index (χ1n) is 7.29. The highest BCUT2D eigenvalue weighted by Crippen LogP contribution is 1.95. The van der Waals surface area contributed by atoms with Crippen LogP contribution in [0, 0.1) is 5.92 Å². The lowest BCUT2D eigenvalue weighted by molar-refractivity contribution is 0.108. The van der Waals surface area contributed by atoms with Crippen LogP contribution in [0.5, 0.6) is 0 Å². The summed E-state index contributed by atoms with van der Waals surface area (Å²) in [5, 5.41) is 6.60. The Kier molecular flexibility index (Phi) is 13.7. The summed E-state index contributed by atoms with van der Waals surface area (Å²) in [5.74, 6) is 2.71. The smallest absolute Gasteiger partial charge is 0.191 e. The van der Waals surface area contributed by atoms with Crippen LogP contribution in [0.3, 0.4) is 0 Å². The molecule has 0 heterocycles. The van der Waals surface area contributed by atoms with Gasteiger partial charge in [-0.3, -0.25) is 4.99 Å². The molecule has 0 aromatic heterocycles. The molecule has 0 fully saturated rings. The predicted molar refractivity (Wildman–Crippen MR) is 87.3 cm³/mol. The van der Waals surface area contributed by atoms with E-state index in [1.807, 2.05) is 11.8 Å². The molecule has 19 heavy (non-hydrogen) atoms. The molecule has 0 aliphatic heterocycles. The van der Waals surface area contributed by atoms with Gasteiger partial charge in [0.1, 0.15) is 0 Å². The molecule has 0 spiro atoms. The molecular weight excluding hydrogens is 258 g/mol. The molecule has 0 atom stereocenters. The van der Waals surface area contributed by atoms with Crippen molar-refractivity contribution >= 4 is 17.7 Å². The highest BCUT2D eigenvalue weighted by atomic mass is 32.2. The number of aliphatic imine (C=N–C) groups is 1. The van der Waals surface area contributed by atoms with Crippen LogP contribution >= 0.6 is 11.8 Å². The fourth-order valence-electron chi connectivity index (χ4n) is 1.44. The number of thioether (sulfide) groups is 1. The van der Waals surface area contributed by atoms with E-state index in [2.05, 4.69) is 42.7 Å². The second-order valence-corrected chi connectivity index (χ2v) is 5.84. The zero-order valence-electron chi connectivity index (χ0n) is 13.0. The molecular formula is C14H31N3OS. The van der Waals surface area contributed by atoms with Crippen LogP contribution in [0.4, 0.5) is 0 Å². The molecule has 0 bridgehead atoms. The van der Waals surface area contributed by atoms with Crippen LogP contribution < -0.4 is 10.6 Å². The molecule has 2 N–H and O–H groups in total. The monoisotopic (exact) mass is 289 g/mol. The summed E-state index contributed by atoms with van der Waals surface area (Å²) in [4.78, 5) is 4.54. The molecule has 0 aliphatic rings. The molecule has 0 amide bonds. The number of guanidine groups is 1. The van der Waals surface area contributed by atoms with Crippen LogP contribution in [0.15, 0.2) is 4.99 Å². The Bertz CT molecular complexity index is 223. The summed E-state index contributed by atoms with van der Waals surface area (Å²) >= 11 is 1.87. The van der Waals surface area contributed by atoms with Crippen LogP contribution in [0.1, 0.15) is 33.6 Å². The van der Waals surface area contributed by atoms with Gasteiger partial charge in [-0.15, -0.1) is 0 Å². The highest BCUT2D eigenvalue weighted by Gasteiger charge is 1.97. The normalized spacial score (nSPS) is 11.9. The van der Waals surface area contributed by atoms with Crippen molar-refractivity contribution in [1.29, 1.82) is 0 Å². The van der Waals surface area contributed by atoms with Gasteiger partial charge in [-0.2, -0.15) is 11.8 Å². The van der Waals surface area contributed by atoms with Gasteiger partial charge in [-0.25, -0.2) is 0 Å². The second kappa shape index (κ2) is 14.0. The summed E-state index contributed by atoms with van der Waals surface area (Å²) in [6.07, 6.45) is 4.28. The third-order valence-corrected chi connectivity index (χ3v) is 3.03. The molecule has 0 saturated heterocycles. The first-order chi connectivity index (χ1) is 9.20. The van der Waals surface area contributed by atoms with Gasteiger partial charge in [0.25, 0.3) is 0 Å². The number of nitrogens with one attached hydrogen (secondary N) is 2. The number of ether oxygens (including phenoxy) is 1. The highest BCUT2D eigenvalue weighted by molar-refractivity contribution is 7.98. The lowest BCUT2D eigenvalue weighted by atomic mass is 10.2. The third kappa shape index (κ3) is 13.8. The van der Waals surface area contributed by atoms with Crippen molar-refractivity contribution < 1.29 is 4.74 Å². The van der Waals surface area contributed by atoms with E-state index in [1.165, 1.54) is 5.75 Å². The molecule has 0 saturated carbocycles. The van der Waals surface area contributed by atoms with E-state index >= 15 is 0 Å². The van der Waals surface area contributed by atoms with Gasteiger partial charge < -0.3 is 15.4 Å². The summed E-state index contributed by atoms with van der Waals surface area (Å²) in [6.45, 7) is 10.8. The number of hydrogen-bond donors (Lipinski definition) is 2. The van der Waals surface area contributed by atoms with Crippen molar-refractivity contribution in [3.05, 3.63) is 0 Å². The van der Waals surface area contributed by atoms with Crippen molar-refractivity contribution in [2.24, 2.45) is 10.9 Å². The minimum Gasteiger partial charge on any atom is -0.381 e. The van der Waals surface area contributed by atoms with E-state index in [4.69, 9.17) is 4.74 Å². The molecule has 0 aliphatic carbocycles. The van der Waals surface area contributed by atoms with E-state index in [9.17, 15) is 0 Å². The SMILES string of the molecule is CCNC(=NCCCSC)NCCCOCC(C)C. The average molecular weight is 289 g/mol. The van der Waals surface area contributed by atoms with Crippen molar-refractivity contribution in [2.75, 3.05) is 44.9 Å². The van der Waals surface area contributed by atoms with Crippen LogP contribution in [-0.4, -0.2) is 50.8 Å². The first-order valence-corrected chi connectivity index (χ1v) is 8.69. The summed E-state index contributed by atoms with van der Waals surface area (Å²) in [6, 6.07) is 0. The summed E-state index contributed by atoms with van der Waals surface area (Å²) in [7, 11) is 0. The minimum atomic E-state index is 0.614. The maximum atomic E-state index is 5.55. The van der Waals surface area contributed by atoms with Crippen LogP contribution in [0.25, 0.3) is 0 Å². The summed E-state index contributed by atoms with van der Waals surface area (Å²) in [5.41, 5.74) is 0. The van der Waals surface area contributed by atoms with E-state index < -0.39 is 0 Å². The van der Waals surface area contributed by atoms with Crippen LogP contribution in [0.2, 0.25) is 0 Å². The van der Waals surface area contributed by atoms with Gasteiger partial charge in [0.2, 0.25) is 0 Å². The predicted octanol–water partition coefficient (Wildman–Crippen LogP) is 2.36. The maximum absolute atomic E-state index is 5.55. The van der Waals surface area contributed by atoms with Gasteiger partial charge in [0, 0.05) is 32.8 Å². The largest absolute Gasteiger partial charge is 0.381 e. The second-order valence-electron chi connectivity index (χ2n) is 4.86. The molecule has 0 rings (SSSR count). The first kappa shape index (κ1) is 18.6. The van der Waals surface area contributed by atoms with Crippen molar-refractivity contribution in [3.63, 3.8) is 0 Å². The van der Waals surface area contributed by atoms with Crippen molar-refractivity contribution in [3.8, 4) is 0 Å². The number of nitrogens with zero attached hydrogens (tertiary/aromatic N) is 1. The molecule has 0 aromatic rings. The molecule has 4 nitrogen and oxygen atoms in total. The standard InChI is InChI=1S/C14H31N3OS/c1-5-15-14(17-9-7-11-19-4)16-8-6-10-18-12-13(2)3/h13H,5-12H2,1-4H3,(H2,15,16,17). The lowest BCUT2D eigenvalue weighted by Crippen LogP contribution is -2.38. The number of rotatable bonds is 11. The Balaban J connectivity index is 3.63. The summed E-state index contributed by atoms with van der Waals surface area (Å²) < 4.78 is 5.55. The van der Waals surface area contributed by atoms with Gasteiger partial charge >= 0.3 is 0 Å². The molecule has 5 heteroatoms. The lowest BCUT2D eigenvalue weighted by Gasteiger charge is -2.11. The van der Waals surface area contributed by atoms with E-state index in [1.54, 1.807) is 0 Å². The van der Waals surface area contributed by atoms with E-state index in [0.29, 0.717) is 5.92 Å². The minimum absolute atomic E-state index is 0.614. The molecule has 0 radical (unpaired) electrons. The van der Waals surface area contributed by atoms with Gasteiger partial charge in [-0.05, 0) is 37.7 Å². The molecule has 0 aromatic carbocycles. The Morgan fingerprint density at radius 3 is 2.68 bits per heavy atom. The van der Waals surface area contributed by atoms with Crippen molar-refractivity contribution in [1.82, 2.24) is 10.6 Å². The van der Waals surface area contributed by atoms with Crippen molar-refractivity contribution in [2.45, 2.75) is 33.6 Å². The maximum Gasteiger partial charge on any atom is 0.191 e. The average Bonchev–Trinajstić information content (AvgIpc) is 2.38. The Labute approximate surface area is 123 Å². The van der Waals surface area contributed by atoms with E-state index in [-0.39, 0.29) is 0 Å².